The van der Waals surface area contributed by atoms with Crippen LogP contribution in [0.25, 0.3) is 0 Å². The van der Waals surface area contributed by atoms with Gasteiger partial charge in [0.15, 0.2) is 0 Å². The second-order valence-corrected chi connectivity index (χ2v) is 5.56. The quantitative estimate of drug-likeness (QED) is 0.829. The third kappa shape index (κ3) is 3.22. The predicted molar refractivity (Wildman–Crippen MR) is 76.1 cm³/mol. The van der Waals surface area contributed by atoms with Gasteiger partial charge < -0.3 is 14.8 Å². The lowest BCUT2D eigenvalue weighted by Crippen LogP contribution is -2.35. The summed E-state index contributed by atoms with van der Waals surface area (Å²) in [4.78, 5) is 19.6. The van der Waals surface area contributed by atoms with Gasteiger partial charge in [0.05, 0.1) is 0 Å². The van der Waals surface area contributed by atoms with E-state index in [4.69, 9.17) is 0 Å². The number of aromatic nitrogens is 1. The third-order valence-corrected chi connectivity index (χ3v) is 3.82. The fraction of sp³-hybridized carbons (Fsp3) is 0.583. The van der Waals surface area contributed by atoms with E-state index in [0.717, 1.165) is 42.7 Å². The number of H-pyrrole nitrogens is 1. The molecule has 1 aliphatic heterocycles. The van der Waals surface area contributed by atoms with Gasteiger partial charge in [-0.25, -0.2) is 0 Å². The molecule has 5 heteroatoms. The zero-order valence-corrected chi connectivity index (χ0v) is 12.2. The summed E-state index contributed by atoms with van der Waals surface area (Å²) in [5.41, 5.74) is 0.708. The first-order valence-electron chi connectivity index (χ1n) is 6.06. The number of carbonyl (C=O) groups excluding carboxylic acids is 1. The Balaban J connectivity index is 2.00. The molecule has 0 spiro atoms. The number of nitrogens with zero attached hydrogens (tertiary/aromatic N) is 2. The van der Waals surface area contributed by atoms with Crippen molar-refractivity contribution in [2.45, 2.75) is 13.3 Å². The van der Waals surface area contributed by atoms with Crippen molar-refractivity contribution < 1.29 is 4.79 Å². The van der Waals surface area contributed by atoms with Crippen LogP contribution in [0.1, 0.15) is 23.8 Å². The van der Waals surface area contributed by atoms with Gasteiger partial charge in [-0.3, -0.25) is 4.79 Å². The van der Waals surface area contributed by atoms with Gasteiger partial charge in [-0.1, -0.05) is 6.92 Å². The second kappa shape index (κ2) is 5.86. The molecule has 0 saturated carbocycles. The zero-order valence-electron chi connectivity index (χ0n) is 10.1. The van der Waals surface area contributed by atoms with Crippen LogP contribution in [0.3, 0.4) is 0 Å². The van der Waals surface area contributed by atoms with E-state index in [1.54, 1.807) is 0 Å². The Labute approximate surface area is 115 Å². The topological polar surface area (TPSA) is 39.3 Å². The number of nitrogens with one attached hydrogen (secondary N) is 1. The van der Waals surface area contributed by atoms with Crippen LogP contribution < -0.4 is 0 Å². The molecule has 0 radical (unpaired) electrons. The first kappa shape index (κ1) is 12.9. The summed E-state index contributed by atoms with van der Waals surface area (Å²) in [6, 6.07) is 1.91. The molecule has 0 bridgehead atoms. The molecule has 4 nitrogen and oxygen atoms in total. The van der Waals surface area contributed by atoms with E-state index in [1.165, 1.54) is 0 Å². The monoisotopic (exact) mass is 347 g/mol. The Hall–Kier alpha value is -0.560. The summed E-state index contributed by atoms with van der Waals surface area (Å²) < 4.78 is 1.08. The first-order valence-corrected chi connectivity index (χ1v) is 7.14. The van der Waals surface area contributed by atoms with E-state index in [0.29, 0.717) is 5.69 Å². The first-order chi connectivity index (χ1) is 8.20. The molecule has 2 heterocycles. The van der Waals surface area contributed by atoms with Crippen LogP contribution in [0.15, 0.2) is 12.3 Å². The number of likely N-dealkylation sites (N-methyl/N-ethyl adjacent to an activating group) is 1. The fourth-order valence-electron chi connectivity index (χ4n) is 2.15. The Bertz CT molecular complexity index is 391. The van der Waals surface area contributed by atoms with Gasteiger partial charge in [0.2, 0.25) is 0 Å². The summed E-state index contributed by atoms with van der Waals surface area (Å²) in [7, 11) is 0. The van der Waals surface area contributed by atoms with E-state index in [2.05, 4.69) is 39.4 Å². The molecule has 1 aromatic rings. The van der Waals surface area contributed by atoms with Gasteiger partial charge in [-0.05, 0) is 48.2 Å². The number of hydrogen-bond donors (Lipinski definition) is 1. The normalized spacial score (nSPS) is 18.1. The third-order valence-electron chi connectivity index (χ3n) is 3.20. The van der Waals surface area contributed by atoms with Crippen molar-refractivity contribution in [2.75, 3.05) is 32.7 Å². The zero-order chi connectivity index (χ0) is 12.3. The molecule has 1 N–H and O–H groups in total. The molecule has 0 aromatic carbocycles. The number of aromatic amines is 1. The molecular formula is C12H18IN3O. The van der Waals surface area contributed by atoms with Crippen molar-refractivity contribution >= 4 is 28.5 Å². The lowest BCUT2D eigenvalue weighted by atomic mass is 10.3. The van der Waals surface area contributed by atoms with E-state index in [1.807, 2.05) is 17.2 Å². The summed E-state index contributed by atoms with van der Waals surface area (Å²) in [6.45, 7) is 7.03. The number of carbonyl (C=O) groups is 1. The largest absolute Gasteiger partial charge is 0.356 e. The van der Waals surface area contributed by atoms with Gasteiger partial charge in [-0.15, -0.1) is 0 Å². The Morgan fingerprint density at radius 3 is 2.88 bits per heavy atom. The van der Waals surface area contributed by atoms with Crippen molar-refractivity contribution in [1.82, 2.24) is 14.8 Å². The van der Waals surface area contributed by atoms with Crippen LogP contribution in [0.5, 0.6) is 0 Å². The van der Waals surface area contributed by atoms with Gasteiger partial charge in [-0.2, -0.15) is 0 Å². The molecule has 1 aromatic heterocycles. The molecule has 0 atom stereocenters. The van der Waals surface area contributed by atoms with Crippen molar-refractivity contribution in [3.05, 3.63) is 21.5 Å². The summed E-state index contributed by atoms with van der Waals surface area (Å²) >= 11 is 2.21. The van der Waals surface area contributed by atoms with Crippen molar-refractivity contribution in [3.63, 3.8) is 0 Å². The van der Waals surface area contributed by atoms with E-state index in [-0.39, 0.29) is 5.91 Å². The average molecular weight is 347 g/mol. The molecule has 0 aliphatic carbocycles. The summed E-state index contributed by atoms with van der Waals surface area (Å²) in [6.07, 6.45) is 2.93. The molecular weight excluding hydrogens is 329 g/mol. The van der Waals surface area contributed by atoms with Crippen molar-refractivity contribution in [1.29, 1.82) is 0 Å². The standard InChI is InChI=1S/C12H18IN3O/c1-2-15-4-3-5-16(7-6-15)12(17)11-8-10(13)9-14-11/h8-9,14H,2-7H2,1H3. The summed E-state index contributed by atoms with van der Waals surface area (Å²) in [5.74, 6) is 0.130. The molecule has 2 rings (SSSR count). The number of rotatable bonds is 2. The van der Waals surface area contributed by atoms with Gasteiger partial charge in [0.25, 0.3) is 5.91 Å². The average Bonchev–Trinajstić information content (AvgIpc) is 2.64. The Morgan fingerprint density at radius 1 is 1.41 bits per heavy atom. The maximum atomic E-state index is 12.2. The number of hydrogen-bond acceptors (Lipinski definition) is 2. The van der Waals surface area contributed by atoms with Crippen LogP contribution in [0.4, 0.5) is 0 Å². The lowest BCUT2D eigenvalue weighted by Gasteiger charge is -2.20. The smallest absolute Gasteiger partial charge is 0.270 e. The van der Waals surface area contributed by atoms with Gasteiger partial charge in [0, 0.05) is 29.4 Å². The van der Waals surface area contributed by atoms with Crippen molar-refractivity contribution in [2.24, 2.45) is 0 Å². The van der Waals surface area contributed by atoms with E-state index < -0.39 is 0 Å². The highest BCUT2D eigenvalue weighted by Gasteiger charge is 2.20. The van der Waals surface area contributed by atoms with Crippen LogP contribution >= 0.6 is 22.6 Å². The van der Waals surface area contributed by atoms with Gasteiger partial charge in [0.1, 0.15) is 5.69 Å². The Kier molecular flexibility index (Phi) is 4.44. The van der Waals surface area contributed by atoms with Crippen LogP contribution in [0.2, 0.25) is 0 Å². The molecule has 17 heavy (non-hydrogen) atoms. The minimum Gasteiger partial charge on any atom is -0.356 e. The number of amides is 1. The maximum absolute atomic E-state index is 12.2. The van der Waals surface area contributed by atoms with E-state index in [9.17, 15) is 4.79 Å². The van der Waals surface area contributed by atoms with Crippen LogP contribution in [-0.2, 0) is 0 Å². The SMILES string of the molecule is CCN1CCCN(C(=O)c2cc(I)c[nH]2)CC1. The molecule has 0 unspecified atom stereocenters. The molecule has 1 saturated heterocycles. The molecule has 1 amide bonds. The van der Waals surface area contributed by atoms with Crippen LogP contribution in [0, 0.1) is 3.57 Å². The highest BCUT2D eigenvalue weighted by molar-refractivity contribution is 14.1. The molecule has 1 fully saturated rings. The lowest BCUT2D eigenvalue weighted by molar-refractivity contribution is 0.0756. The van der Waals surface area contributed by atoms with Crippen molar-refractivity contribution in [3.8, 4) is 0 Å². The van der Waals surface area contributed by atoms with Gasteiger partial charge >= 0.3 is 0 Å². The predicted octanol–water partition coefficient (Wildman–Crippen LogP) is 1.79. The second-order valence-electron chi connectivity index (χ2n) is 4.31. The minimum absolute atomic E-state index is 0.130. The Morgan fingerprint density at radius 2 is 2.24 bits per heavy atom. The fourth-order valence-corrected chi connectivity index (χ4v) is 2.62. The van der Waals surface area contributed by atoms with E-state index >= 15 is 0 Å². The number of halogens is 1. The van der Waals surface area contributed by atoms with Crippen LogP contribution in [-0.4, -0.2) is 53.4 Å². The highest BCUT2D eigenvalue weighted by atomic mass is 127. The summed E-state index contributed by atoms with van der Waals surface area (Å²) in [5, 5.41) is 0. The molecule has 94 valence electrons. The maximum Gasteiger partial charge on any atom is 0.270 e. The molecule has 1 aliphatic rings. The minimum atomic E-state index is 0.130. The highest BCUT2D eigenvalue weighted by Crippen LogP contribution is 2.11.